The summed E-state index contributed by atoms with van der Waals surface area (Å²) in [5.74, 6) is -2.70. The fourth-order valence-electron chi connectivity index (χ4n) is 3.44. The highest BCUT2D eigenvalue weighted by Crippen LogP contribution is 2.42. The quantitative estimate of drug-likeness (QED) is 0.276. The first kappa shape index (κ1) is 21.7. The molecule has 1 aromatic heterocycles. The molecule has 1 aliphatic rings. The van der Waals surface area contributed by atoms with Crippen molar-refractivity contribution in [3.63, 3.8) is 0 Å². The molecule has 32 heavy (non-hydrogen) atoms. The molecular weight excluding hydrogens is 428 g/mol. The minimum atomic E-state index is -1.71. The average Bonchev–Trinajstić information content (AvgIpc) is 2.74. The van der Waals surface area contributed by atoms with Crippen LogP contribution in [-0.4, -0.2) is 66.5 Å². The van der Waals surface area contributed by atoms with Gasteiger partial charge in [0.1, 0.15) is 35.2 Å². The minimum Gasteiger partial charge on any atom is -0.507 e. The van der Waals surface area contributed by atoms with Crippen LogP contribution in [-0.2, 0) is 4.74 Å². The van der Waals surface area contributed by atoms with Gasteiger partial charge in [0.05, 0.1) is 6.10 Å². The number of phenolic OH excluding ortho intramolecular Hbond substituents is 4. The van der Waals surface area contributed by atoms with Crippen molar-refractivity contribution in [2.75, 3.05) is 0 Å². The van der Waals surface area contributed by atoms with Gasteiger partial charge < -0.3 is 49.6 Å². The van der Waals surface area contributed by atoms with E-state index in [4.69, 9.17) is 13.9 Å². The van der Waals surface area contributed by atoms with Crippen molar-refractivity contribution >= 4 is 11.0 Å². The first-order chi connectivity index (χ1) is 15.1. The minimum absolute atomic E-state index is 0.0958. The molecule has 7 N–H and O–H groups in total. The number of benzene rings is 2. The van der Waals surface area contributed by atoms with Gasteiger partial charge in [-0.15, -0.1) is 0 Å². The van der Waals surface area contributed by atoms with Crippen LogP contribution in [0.2, 0.25) is 0 Å². The monoisotopic (exact) mass is 448 g/mol. The van der Waals surface area contributed by atoms with Gasteiger partial charge in [0, 0.05) is 17.7 Å². The third kappa shape index (κ3) is 3.56. The Labute approximate surface area is 179 Å². The molecule has 1 aliphatic heterocycles. The largest absolute Gasteiger partial charge is 0.507 e. The van der Waals surface area contributed by atoms with Gasteiger partial charge in [-0.1, -0.05) is 0 Å². The molecule has 2 heterocycles. The van der Waals surface area contributed by atoms with E-state index in [1.807, 2.05) is 0 Å². The number of phenols is 4. The Morgan fingerprint density at radius 1 is 0.844 bits per heavy atom. The highest BCUT2D eigenvalue weighted by Gasteiger charge is 2.43. The Balaban J connectivity index is 1.86. The van der Waals surface area contributed by atoms with E-state index >= 15 is 0 Å². The van der Waals surface area contributed by atoms with Crippen molar-refractivity contribution in [1.82, 2.24) is 0 Å². The average molecular weight is 448 g/mol. The summed E-state index contributed by atoms with van der Waals surface area (Å²) < 4.78 is 16.6. The number of aliphatic hydroxyl groups excluding tert-OH is 3. The molecule has 0 saturated carbocycles. The van der Waals surface area contributed by atoms with E-state index in [9.17, 15) is 40.5 Å². The lowest BCUT2D eigenvalue weighted by atomic mass is 10.00. The Bertz CT molecular complexity index is 1230. The second-order valence-corrected chi connectivity index (χ2v) is 7.43. The maximum Gasteiger partial charge on any atom is 0.229 e. The highest BCUT2D eigenvalue weighted by molar-refractivity contribution is 5.91. The summed E-state index contributed by atoms with van der Waals surface area (Å²) in [5, 5.41) is 69.5. The summed E-state index contributed by atoms with van der Waals surface area (Å²) in [6.45, 7) is 1.43. The van der Waals surface area contributed by atoms with Crippen molar-refractivity contribution in [2.24, 2.45) is 0 Å². The molecule has 0 spiro atoms. The molecule has 2 aromatic carbocycles. The van der Waals surface area contributed by atoms with E-state index in [1.165, 1.54) is 19.1 Å². The number of hydrogen-bond donors (Lipinski definition) is 7. The molecule has 5 atom stereocenters. The van der Waals surface area contributed by atoms with E-state index < -0.39 is 70.5 Å². The molecule has 0 aliphatic carbocycles. The zero-order chi connectivity index (χ0) is 23.3. The fraction of sp³-hybridized carbons (Fsp3) is 0.286. The Kier molecular flexibility index (Phi) is 5.34. The van der Waals surface area contributed by atoms with Gasteiger partial charge in [0.15, 0.2) is 28.3 Å². The Hall–Kier alpha value is -3.51. The van der Waals surface area contributed by atoms with Gasteiger partial charge in [-0.2, -0.15) is 0 Å². The molecule has 1 fully saturated rings. The third-order valence-corrected chi connectivity index (χ3v) is 5.22. The summed E-state index contributed by atoms with van der Waals surface area (Å²) in [6.07, 6.45) is -7.22. The molecule has 170 valence electrons. The van der Waals surface area contributed by atoms with Crippen molar-refractivity contribution in [3.8, 4) is 40.1 Å². The summed E-state index contributed by atoms with van der Waals surface area (Å²) in [4.78, 5) is 12.7. The van der Waals surface area contributed by atoms with Gasteiger partial charge in [-0.05, 0) is 25.1 Å². The topological polar surface area (TPSA) is 190 Å². The predicted molar refractivity (Wildman–Crippen MR) is 108 cm³/mol. The van der Waals surface area contributed by atoms with Gasteiger partial charge >= 0.3 is 0 Å². The maximum absolute atomic E-state index is 12.7. The number of fused-ring (bicyclic) bond motifs is 1. The summed E-state index contributed by atoms with van der Waals surface area (Å²) in [7, 11) is 0. The van der Waals surface area contributed by atoms with E-state index in [1.54, 1.807) is 0 Å². The SMILES string of the molecule is C[C@@H]1O[C@@H](Oc2c(O)cc(O)c3c(=O)cc(-c4ccc(O)c(O)c4)oc23)[C@@H](O)[C@H](O)[C@H]1O. The highest BCUT2D eigenvalue weighted by atomic mass is 16.7. The number of rotatable bonds is 3. The number of ether oxygens (including phenoxy) is 2. The lowest BCUT2D eigenvalue weighted by molar-refractivity contribution is -0.268. The number of aliphatic hydroxyl groups is 3. The summed E-state index contributed by atoms with van der Waals surface area (Å²) in [5.41, 5.74) is -0.930. The van der Waals surface area contributed by atoms with Crippen LogP contribution in [0.3, 0.4) is 0 Å². The molecule has 0 radical (unpaired) electrons. The molecule has 4 rings (SSSR count). The second-order valence-electron chi connectivity index (χ2n) is 7.43. The van der Waals surface area contributed by atoms with Gasteiger partial charge in [0.2, 0.25) is 12.0 Å². The predicted octanol–water partition coefficient (Wildman–Crippen LogP) is 0.489. The van der Waals surface area contributed by atoms with Crippen LogP contribution in [0.1, 0.15) is 6.92 Å². The zero-order valence-electron chi connectivity index (χ0n) is 16.5. The van der Waals surface area contributed by atoms with Crippen molar-refractivity contribution in [1.29, 1.82) is 0 Å². The van der Waals surface area contributed by atoms with Crippen LogP contribution in [0, 0.1) is 0 Å². The molecule has 0 bridgehead atoms. The van der Waals surface area contributed by atoms with Crippen molar-refractivity contribution in [3.05, 3.63) is 40.6 Å². The van der Waals surface area contributed by atoms with Crippen LogP contribution in [0.15, 0.2) is 39.5 Å². The first-order valence-electron chi connectivity index (χ1n) is 9.50. The van der Waals surface area contributed by atoms with Crippen LogP contribution in [0.4, 0.5) is 0 Å². The maximum atomic E-state index is 12.7. The van der Waals surface area contributed by atoms with Gasteiger partial charge in [-0.25, -0.2) is 0 Å². The van der Waals surface area contributed by atoms with Crippen LogP contribution < -0.4 is 10.2 Å². The van der Waals surface area contributed by atoms with Crippen LogP contribution in [0.5, 0.6) is 28.7 Å². The zero-order valence-corrected chi connectivity index (χ0v) is 16.5. The molecule has 11 heteroatoms. The van der Waals surface area contributed by atoms with E-state index in [0.29, 0.717) is 0 Å². The van der Waals surface area contributed by atoms with Gasteiger partial charge in [0.25, 0.3) is 0 Å². The third-order valence-electron chi connectivity index (χ3n) is 5.22. The van der Waals surface area contributed by atoms with Gasteiger partial charge in [-0.3, -0.25) is 4.79 Å². The number of hydrogen-bond acceptors (Lipinski definition) is 11. The molecular formula is C21H20O11. The molecule has 3 aromatic rings. The lowest BCUT2D eigenvalue weighted by Gasteiger charge is -2.38. The molecule has 1 saturated heterocycles. The van der Waals surface area contributed by atoms with Crippen LogP contribution >= 0.6 is 0 Å². The van der Waals surface area contributed by atoms with E-state index in [0.717, 1.165) is 18.2 Å². The van der Waals surface area contributed by atoms with Crippen molar-refractivity contribution < 1.29 is 49.6 Å². The van der Waals surface area contributed by atoms with E-state index in [2.05, 4.69) is 0 Å². The van der Waals surface area contributed by atoms with Crippen LogP contribution in [0.25, 0.3) is 22.3 Å². The summed E-state index contributed by atoms with van der Waals surface area (Å²) in [6, 6.07) is 5.53. The Morgan fingerprint density at radius 2 is 1.56 bits per heavy atom. The molecule has 0 unspecified atom stereocenters. The lowest BCUT2D eigenvalue weighted by Crippen LogP contribution is -2.58. The fourth-order valence-corrected chi connectivity index (χ4v) is 3.44. The number of aromatic hydroxyl groups is 4. The molecule has 11 nitrogen and oxygen atoms in total. The Morgan fingerprint density at radius 3 is 2.25 bits per heavy atom. The second kappa shape index (κ2) is 7.88. The van der Waals surface area contributed by atoms with E-state index in [-0.39, 0.29) is 16.7 Å². The normalized spacial score (nSPS) is 25.7. The molecule has 0 amide bonds. The standard InChI is InChI=1S/C21H20O11/c1-7-16(27)17(28)18(29)21(30-7)32-19-13(26)5-11(24)15-12(25)6-14(31-20(15)19)8-2-3-9(22)10(23)4-8/h2-7,16-18,21-24,26-29H,1H3/t7-,16-,17+,18-,21-/m0/s1. The smallest absolute Gasteiger partial charge is 0.229 e. The first-order valence-corrected chi connectivity index (χ1v) is 9.50. The van der Waals surface area contributed by atoms with Crippen molar-refractivity contribution in [2.45, 2.75) is 37.6 Å². The summed E-state index contributed by atoms with van der Waals surface area (Å²) >= 11 is 0.